The maximum Gasteiger partial charge on any atom is 0.303 e. The first-order valence-corrected chi connectivity index (χ1v) is 14.3. The minimum atomic E-state index is -0.952. The number of carboxylic acid groups (broad SMARTS) is 2. The Balaban J connectivity index is 1.29. The Hall–Kier alpha value is -5.50. The molecule has 0 heterocycles. The van der Waals surface area contributed by atoms with Gasteiger partial charge in [-0.05, 0) is 46.5 Å². The molecule has 8 nitrogen and oxygen atoms in total. The standard InChI is InChI=1S/C36H34N2O6/c39-33(21-29(23-35(41)42)27-7-3-1-4-8-27)37-31-17-13-25(14-18-31)11-12-26-15-19-32(20-16-26)38-34(40)22-30(24-36(43)44)28-9-5-2-6-10-28/h1-20,29-30H,21-24H2,(H,37,39)(H,38,40)(H,41,42)(H,43,44)/b12-11+. The molecule has 0 spiro atoms. The fourth-order valence-corrected chi connectivity index (χ4v) is 4.91. The van der Waals surface area contributed by atoms with Gasteiger partial charge in [-0.15, -0.1) is 0 Å². The Morgan fingerprint density at radius 1 is 0.500 bits per heavy atom. The van der Waals surface area contributed by atoms with E-state index in [1.165, 1.54) is 0 Å². The van der Waals surface area contributed by atoms with Crippen LogP contribution in [0.3, 0.4) is 0 Å². The van der Waals surface area contributed by atoms with Crippen molar-refractivity contribution in [2.45, 2.75) is 37.5 Å². The quantitative estimate of drug-likeness (QED) is 0.117. The van der Waals surface area contributed by atoms with Gasteiger partial charge in [-0.1, -0.05) is 97.1 Å². The van der Waals surface area contributed by atoms with Gasteiger partial charge >= 0.3 is 11.9 Å². The second-order valence-corrected chi connectivity index (χ2v) is 10.5. The van der Waals surface area contributed by atoms with Crippen molar-refractivity contribution in [3.63, 3.8) is 0 Å². The van der Waals surface area contributed by atoms with Gasteiger partial charge in [-0.2, -0.15) is 0 Å². The van der Waals surface area contributed by atoms with Crippen LogP contribution in [0.4, 0.5) is 11.4 Å². The largest absolute Gasteiger partial charge is 0.481 e. The highest BCUT2D eigenvalue weighted by atomic mass is 16.4. The molecule has 0 radical (unpaired) electrons. The summed E-state index contributed by atoms with van der Waals surface area (Å²) >= 11 is 0. The van der Waals surface area contributed by atoms with Crippen LogP contribution in [0.25, 0.3) is 12.2 Å². The third kappa shape index (κ3) is 10.1. The zero-order valence-corrected chi connectivity index (χ0v) is 24.1. The number of hydrogen-bond donors (Lipinski definition) is 4. The molecule has 0 bridgehead atoms. The summed E-state index contributed by atoms with van der Waals surface area (Å²) in [4.78, 5) is 48.0. The van der Waals surface area contributed by atoms with Crippen LogP contribution >= 0.6 is 0 Å². The first-order chi connectivity index (χ1) is 21.2. The number of carbonyl (C=O) groups is 4. The molecule has 8 heteroatoms. The van der Waals surface area contributed by atoms with Crippen molar-refractivity contribution in [3.05, 3.63) is 131 Å². The average molecular weight is 591 g/mol. The van der Waals surface area contributed by atoms with Crippen molar-refractivity contribution in [1.29, 1.82) is 0 Å². The van der Waals surface area contributed by atoms with E-state index in [2.05, 4.69) is 10.6 Å². The predicted octanol–water partition coefficient (Wildman–Crippen LogP) is 7.03. The van der Waals surface area contributed by atoms with Gasteiger partial charge in [0.15, 0.2) is 0 Å². The lowest BCUT2D eigenvalue weighted by Gasteiger charge is -2.15. The van der Waals surface area contributed by atoms with E-state index in [1.54, 1.807) is 24.3 Å². The molecule has 2 unspecified atom stereocenters. The van der Waals surface area contributed by atoms with E-state index in [0.717, 1.165) is 22.3 Å². The van der Waals surface area contributed by atoms with Crippen LogP contribution < -0.4 is 10.6 Å². The lowest BCUT2D eigenvalue weighted by atomic mass is 9.92. The molecule has 2 atom stereocenters. The number of hydrogen-bond acceptors (Lipinski definition) is 4. The fourth-order valence-electron chi connectivity index (χ4n) is 4.91. The van der Waals surface area contributed by atoms with Crippen molar-refractivity contribution in [2.24, 2.45) is 0 Å². The summed E-state index contributed by atoms with van der Waals surface area (Å²) < 4.78 is 0. The lowest BCUT2D eigenvalue weighted by molar-refractivity contribution is -0.138. The second kappa shape index (κ2) is 15.7. The smallest absolute Gasteiger partial charge is 0.303 e. The molecule has 0 aliphatic heterocycles. The maximum absolute atomic E-state index is 12.7. The van der Waals surface area contributed by atoms with Crippen molar-refractivity contribution >= 4 is 47.3 Å². The molecule has 0 saturated carbocycles. The van der Waals surface area contributed by atoms with Gasteiger partial charge in [-0.25, -0.2) is 0 Å². The molecule has 44 heavy (non-hydrogen) atoms. The highest BCUT2D eigenvalue weighted by molar-refractivity contribution is 5.92. The Kier molecular flexibility index (Phi) is 11.2. The second-order valence-electron chi connectivity index (χ2n) is 10.5. The molecule has 4 N–H and O–H groups in total. The summed E-state index contributed by atoms with van der Waals surface area (Å²) in [5, 5.41) is 24.3. The molecule has 2 amide bonds. The molecule has 0 fully saturated rings. The average Bonchev–Trinajstić information content (AvgIpc) is 3.01. The van der Waals surface area contributed by atoms with Crippen LogP contribution in [0.1, 0.15) is 59.8 Å². The maximum atomic E-state index is 12.7. The summed E-state index contributed by atoms with van der Waals surface area (Å²) in [6.07, 6.45) is 3.71. The zero-order chi connectivity index (χ0) is 31.3. The van der Waals surface area contributed by atoms with E-state index in [9.17, 15) is 29.4 Å². The molecular weight excluding hydrogens is 556 g/mol. The number of benzene rings is 4. The van der Waals surface area contributed by atoms with E-state index >= 15 is 0 Å². The van der Waals surface area contributed by atoms with Crippen LogP contribution in [0, 0.1) is 0 Å². The van der Waals surface area contributed by atoms with E-state index in [1.807, 2.05) is 97.1 Å². The van der Waals surface area contributed by atoms with Crippen molar-refractivity contribution < 1.29 is 29.4 Å². The SMILES string of the molecule is O=C(O)CC(CC(=O)Nc1ccc(/C=C/c2ccc(NC(=O)CC(CC(=O)O)c3ccccc3)cc2)cc1)c1ccccc1. The normalized spacial score (nSPS) is 12.3. The van der Waals surface area contributed by atoms with Gasteiger partial charge in [0, 0.05) is 36.1 Å². The Labute approximate surface area is 256 Å². The summed E-state index contributed by atoms with van der Waals surface area (Å²) in [6.45, 7) is 0. The third-order valence-corrected chi connectivity index (χ3v) is 7.10. The van der Waals surface area contributed by atoms with Gasteiger partial charge in [0.05, 0.1) is 12.8 Å². The first kappa shape index (κ1) is 31.4. The molecule has 0 aliphatic rings. The Morgan fingerprint density at radius 2 is 0.841 bits per heavy atom. The summed E-state index contributed by atoms with van der Waals surface area (Å²) in [5.74, 6) is -3.25. The predicted molar refractivity (Wildman–Crippen MR) is 171 cm³/mol. The minimum absolute atomic E-state index is 0.0599. The van der Waals surface area contributed by atoms with E-state index in [-0.39, 0.29) is 37.5 Å². The number of carboxylic acids is 2. The number of carbonyl (C=O) groups excluding carboxylic acids is 2. The fraction of sp³-hybridized carbons (Fsp3) is 0.167. The number of nitrogens with one attached hydrogen (secondary N) is 2. The van der Waals surface area contributed by atoms with Gasteiger partial charge < -0.3 is 20.8 Å². The van der Waals surface area contributed by atoms with Crippen LogP contribution in [0.15, 0.2) is 109 Å². The number of aliphatic carboxylic acids is 2. The van der Waals surface area contributed by atoms with E-state index < -0.39 is 23.8 Å². The van der Waals surface area contributed by atoms with Crippen molar-refractivity contribution in [1.82, 2.24) is 0 Å². The minimum Gasteiger partial charge on any atom is -0.481 e. The molecular formula is C36H34N2O6. The van der Waals surface area contributed by atoms with Gasteiger partial charge in [-0.3, -0.25) is 19.2 Å². The number of rotatable bonds is 14. The first-order valence-electron chi connectivity index (χ1n) is 14.3. The van der Waals surface area contributed by atoms with Crippen LogP contribution in [-0.4, -0.2) is 34.0 Å². The topological polar surface area (TPSA) is 133 Å². The molecule has 4 aromatic rings. The summed E-state index contributed by atoms with van der Waals surface area (Å²) in [6, 6.07) is 33.0. The third-order valence-electron chi connectivity index (χ3n) is 7.10. The molecule has 0 aliphatic carbocycles. The van der Waals surface area contributed by atoms with Crippen LogP contribution in [0.2, 0.25) is 0 Å². The van der Waals surface area contributed by atoms with Crippen molar-refractivity contribution in [3.8, 4) is 0 Å². The highest BCUT2D eigenvalue weighted by Gasteiger charge is 2.20. The van der Waals surface area contributed by atoms with Crippen LogP contribution in [-0.2, 0) is 19.2 Å². The zero-order valence-electron chi connectivity index (χ0n) is 24.1. The molecule has 4 aromatic carbocycles. The summed E-state index contributed by atoms with van der Waals surface area (Å²) in [7, 11) is 0. The number of anilines is 2. The van der Waals surface area contributed by atoms with Crippen molar-refractivity contribution in [2.75, 3.05) is 10.6 Å². The van der Waals surface area contributed by atoms with Gasteiger partial charge in [0.25, 0.3) is 0 Å². The van der Waals surface area contributed by atoms with Crippen LogP contribution in [0.5, 0.6) is 0 Å². The molecule has 224 valence electrons. The summed E-state index contributed by atoms with van der Waals surface area (Å²) in [5.41, 5.74) is 4.69. The Morgan fingerprint density at radius 3 is 1.16 bits per heavy atom. The van der Waals surface area contributed by atoms with E-state index in [4.69, 9.17) is 0 Å². The van der Waals surface area contributed by atoms with Gasteiger partial charge in [0.1, 0.15) is 0 Å². The Bertz CT molecular complexity index is 1460. The molecule has 0 saturated heterocycles. The van der Waals surface area contributed by atoms with E-state index in [0.29, 0.717) is 11.4 Å². The van der Waals surface area contributed by atoms with Gasteiger partial charge in [0.2, 0.25) is 11.8 Å². The number of amides is 2. The monoisotopic (exact) mass is 590 g/mol. The lowest BCUT2D eigenvalue weighted by Crippen LogP contribution is -2.17. The molecule has 4 rings (SSSR count). The molecule has 0 aromatic heterocycles. The highest BCUT2D eigenvalue weighted by Crippen LogP contribution is 2.26.